The smallest absolute Gasteiger partial charge is 0.251 e. The van der Waals surface area contributed by atoms with Crippen LogP contribution in [0.3, 0.4) is 0 Å². The SMILES string of the molecule is CSc1ccc(C(=O)NC(C)C(C)CCl)cc1. The van der Waals surface area contributed by atoms with E-state index in [4.69, 9.17) is 11.6 Å². The summed E-state index contributed by atoms with van der Waals surface area (Å²) in [5, 5.41) is 2.95. The predicted octanol–water partition coefficient (Wildman–Crippen LogP) is 3.40. The van der Waals surface area contributed by atoms with Crippen molar-refractivity contribution in [2.45, 2.75) is 24.8 Å². The third kappa shape index (κ3) is 4.25. The molecule has 2 atom stereocenters. The lowest BCUT2D eigenvalue weighted by Gasteiger charge is -2.19. The first-order valence-electron chi connectivity index (χ1n) is 5.59. The third-order valence-corrected chi connectivity index (χ3v) is 4.04. The van der Waals surface area contributed by atoms with Gasteiger partial charge in [-0.15, -0.1) is 23.4 Å². The standard InChI is InChI=1S/C13H18ClNOS/c1-9(8-14)10(2)15-13(16)11-4-6-12(17-3)7-5-11/h4-7,9-10H,8H2,1-3H3,(H,15,16). The van der Waals surface area contributed by atoms with Gasteiger partial charge in [-0.1, -0.05) is 6.92 Å². The molecule has 1 amide bonds. The molecular weight excluding hydrogens is 254 g/mol. The van der Waals surface area contributed by atoms with Gasteiger partial charge < -0.3 is 5.32 Å². The number of carbonyl (C=O) groups excluding carboxylic acids is 1. The Kier molecular flexibility index (Phi) is 5.86. The zero-order valence-corrected chi connectivity index (χ0v) is 11.9. The first-order valence-corrected chi connectivity index (χ1v) is 7.35. The Hall–Kier alpha value is -0.670. The number of hydrogen-bond acceptors (Lipinski definition) is 2. The predicted molar refractivity (Wildman–Crippen MR) is 75.0 cm³/mol. The first kappa shape index (κ1) is 14.4. The minimum Gasteiger partial charge on any atom is -0.349 e. The molecule has 94 valence electrons. The summed E-state index contributed by atoms with van der Waals surface area (Å²) in [5.41, 5.74) is 0.691. The highest BCUT2D eigenvalue weighted by Crippen LogP contribution is 2.15. The van der Waals surface area contributed by atoms with E-state index in [1.807, 2.05) is 44.4 Å². The van der Waals surface area contributed by atoms with Crippen LogP contribution >= 0.6 is 23.4 Å². The van der Waals surface area contributed by atoms with E-state index in [-0.39, 0.29) is 17.9 Å². The van der Waals surface area contributed by atoms with Gasteiger partial charge in [-0.05, 0) is 43.4 Å². The number of thioether (sulfide) groups is 1. The number of carbonyl (C=O) groups is 1. The van der Waals surface area contributed by atoms with Crippen LogP contribution in [0.25, 0.3) is 0 Å². The molecule has 1 aromatic rings. The van der Waals surface area contributed by atoms with E-state index < -0.39 is 0 Å². The lowest BCUT2D eigenvalue weighted by molar-refractivity contribution is 0.0931. The Labute approximate surface area is 112 Å². The van der Waals surface area contributed by atoms with Gasteiger partial charge >= 0.3 is 0 Å². The van der Waals surface area contributed by atoms with Crippen LogP contribution in [0.2, 0.25) is 0 Å². The third-order valence-electron chi connectivity index (χ3n) is 2.81. The second kappa shape index (κ2) is 6.92. The number of nitrogens with one attached hydrogen (secondary N) is 1. The maximum Gasteiger partial charge on any atom is 0.251 e. The average Bonchev–Trinajstić information content (AvgIpc) is 2.37. The molecule has 0 aromatic heterocycles. The van der Waals surface area contributed by atoms with Crippen molar-refractivity contribution in [3.8, 4) is 0 Å². The molecule has 0 aliphatic carbocycles. The van der Waals surface area contributed by atoms with Crippen molar-refractivity contribution in [1.29, 1.82) is 0 Å². The van der Waals surface area contributed by atoms with Crippen molar-refractivity contribution >= 4 is 29.3 Å². The monoisotopic (exact) mass is 271 g/mol. The summed E-state index contributed by atoms with van der Waals surface area (Å²) >= 11 is 7.42. The largest absolute Gasteiger partial charge is 0.349 e. The van der Waals surface area contributed by atoms with Crippen molar-refractivity contribution in [2.24, 2.45) is 5.92 Å². The van der Waals surface area contributed by atoms with Crippen LogP contribution in [-0.2, 0) is 0 Å². The van der Waals surface area contributed by atoms with Crippen molar-refractivity contribution in [3.63, 3.8) is 0 Å². The van der Waals surface area contributed by atoms with E-state index >= 15 is 0 Å². The van der Waals surface area contributed by atoms with Crippen LogP contribution in [0.1, 0.15) is 24.2 Å². The zero-order valence-electron chi connectivity index (χ0n) is 10.4. The van der Waals surface area contributed by atoms with E-state index in [0.717, 1.165) is 4.90 Å². The van der Waals surface area contributed by atoms with Gasteiger partial charge in [0.2, 0.25) is 0 Å². The number of amides is 1. The van der Waals surface area contributed by atoms with Gasteiger partial charge in [-0.25, -0.2) is 0 Å². The zero-order chi connectivity index (χ0) is 12.8. The highest BCUT2D eigenvalue weighted by molar-refractivity contribution is 7.98. The molecule has 0 bridgehead atoms. The summed E-state index contributed by atoms with van der Waals surface area (Å²) < 4.78 is 0. The molecular formula is C13H18ClNOS. The molecule has 0 aliphatic heterocycles. The molecule has 0 heterocycles. The molecule has 0 aliphatic rings. The minimum absolute atomic E-state index is 0.0397. The quantitative estimate of drug-likeness (QED) is 0.657. The summed E-state index contributed by atoms with van der Waals surface area (Å²) in [6, 6.07) is 7.68. The fraction of sp³-hybridized carbons (Fsp3) is 0.462. The summed E-state index contributed by atoms with van der Waals surface area (Å²) in [4.78, 5) is 13.1. The number of benzene rings is 1. The number of hydrogen-bond donors (Lipinski definition) is 1. The Bertz CT molecular complexity index is 366. The Balaban J connectivity index is 2.63. The van der Waals surface area contributed by atoms with Gasteiger partial charge in [-0.3, -0.25) is 4.79 Å². The molecule has 4 heteroatoms. The van der Waals surface area contributed by atoms with Crippen LogP contribution < -0.4 is 5.32 Å². The van der Waals surface area contributed by atoms with E-state index in [2.05, 4.69) is 5.32 Å². The maximum atomic E-state index is 11.9. The highest BCUT2D eigenvalue weighted by Gasteiger charge is 2.14. The number of rotatable bonds is 5. The summed E-state index contributed by atoms with van der Waals surface area (Å²) in [7, 11) is 0. The normalized spacial score (nSPS) is 14.1. The van der Waals surface area contributed by atoms with E-state index in [0.29, 0.717) is 11.4 Å². The maximum absolute atomic E-state index is 11.9. The van der Waals surface area contributed by atoms with Crippen LogP contribution in [0.4, 0.5) is 0 Å². The van der Waals surface area contributed by atoms with Gasteiger partial charge in [0.05, 0.1) is 0 Å². The van der Waals surface area contributed by atoms with Gasteiger partial charge in [0.25, 0.3) is 5.91 Å². The van der Waals surface area contributed by atoms with Gasteiger partial charge in [-0.2, -0.15) is 0 Å². The van der Waals surface area contributed by atoms with Crippen LogP contribution in [0.15, 0.2) is 29.2 Å². The van der Waals surface area contributed by atoms with E-state index in [1.54, 1.807) is 11.8 Å². The van der Waals surface area contributed by atoms with Gasteiger partial charge in [0, 0.05) is 22.4 Å². The van der Waals surface area contributed by atoms with Crippen LogP contribution in [0.5, 0.6) is 0 Å². The summed E-state index contributed by atoms with van der Waals surface area (Å²) in [5.74, 6) is 0.778. The van der Waals surface area contributed by atoms with E-state index in [1.165, 1.54) is 0 Å². The fourth-order valence-corrected chi connectivity index (χ4v) is 1.98. The molecule has 2 nitrogen and oxygen atoms in total. The van der Waals surface area contributed by atoms with Crippen LogP contribution in [0, 0.1) is 5.92 Å². The molecule has 1 rings (SSSR count). The molecule has 0 fully saturated rings. The first-order chi connectivity index (χ1) is 8.08. The number of halogens is 1. The van der Waals surface area contributed by atoms with Crippen LogP contribution in [-0.4, -0.2) is 24.1 Å². The van der Waals surface area contributed by atoms with E-state index in [9.17, 15) is 4.79 Å². The molecule has 17 heavy (non-hydrogen) atoms. The second-order valence-corrected chi connectivity index (χ2v) is 5.31. The van der Waals surface area contributed by atoms with Crippen molar-refractivity contribution in [1.82, 2.24) is 5.32 Å². The molecule has 2 unspecified atom stereocenters. The summed E-state index contributed by atoms with van der Waals surface area (Å²) in [6.07, 6.45) is 2.01. The molecule has 0 radical (unpaired) electrons. The lowest BCUT2D eigenvalue weighted by atomic mass is 10.1. The van der Waals surface area contributed by atoms with Gasteiger partial charge in [0.15, 0.2) is 0 Å². The van der Waals surface area contributed by atoms with Gasteiger partial charge in [0.1, 0.15) is 0 Å². The molecule has 0 spiro atoms. The Morgan fingerprint density at radius 1 is 1.35 bits per heavy atom. The molecule has 1 N–H and O–H groups in total. The Morgan fingerprint density at radius 3 is 2.41 bits per heavy atom. The highest BCUT2D eigenvalue weighted by atomic mass is 35.5. The molecule has 0 saturated heterocycles. The van der Waals surface area contributed by atoms with Crippen molar-refractivity contribution in [2.75, 3.05) is 12.1 Å². The lowest BCUT2D eigenvalue weighted by Crippen LogP contribution is -2.37. The molecule has 0 saturated carbocycles. The average molecular weight is 272 g/mol. The molecule has 1 aromatic carbocycles. The van der Waals surface area contributed by atoms with Crippen molar-refractivity contribution < 1.29 is 4.79 Å². The Morgan fingerprint density at radius 2 is 1.94 bits per heavy atom. The second-order valence-electron chi connectivity index (χ2n) is 4.12. The van der Waals surface area contributed by atoms with Crippen molar-refractivity contribution in [3.05, 3.63) is 29.8 Å². The minimum atomic E-state index is -0.0397. The fourth-order valence-electron chi connectivity index (χ4n) is 1.31. The summed E-state index contributed by atoms with van der Waals surface area (Å²) in [6.45, 7) is 4.00. The number of alkyl halides is 1. The topological polar surface area (TPSA) is 29.1 Å².